The fourth-order valence-electron chi connectivity index (χ4n) is 8.17. The molecule has 72 heavy (non-hydrogen) atoms. The van der Waals surface area contributed by atoms with Crippen molar-refractivity contribution in [1.82, 2.24) is 0 Å². The van der Waals surface area contributed by atoms with Crippen LogP contribution in [0.25, 0.3) is 96.8 Å². The minimum atomic E-state index is -1.36. The third-order valence-electron chi connectivity index (χ3n) is 12.1. The van der Waals surface area contributed by atoms with E-state index < -0.39 is 16.1 Å². The van der Waals surface area contributed by atoms with Crippen molar-refractivity contribution in [3.63, 3.8) is 0 Å². The molecule has 10 aromatic heterocycles. The van der Waals surface area contributed by atoms with E-state index in [0.717, 1.165) is 8.95 Å². The van der Waals surface area contributed by atoms with Crippen molar-refractivity contribution in [2.24, 2.45) is 0 Å². The van der Waals surface area contributed by atoms with Crippen molar-refractivity contribution in [2.75, 3.05) is 38.0 Å². The Morgan fingerprint density at radius 1 is 0.306 bits per heavy atom. The number of thiophene rings is 10. The van der Waals surface area contributed by atoms with Crippen LogP contribution in [0.3, 0.4) is 0 Å². The highest BCUT2D eigenvalue weighted by Crippen LogP contribution is 2.61. The summed E-state index contributed by atoms with van der Waals surface area (Å²) in [6.45, 7) is 14.4. The van der Waals surface area contributed by atoms with Crippen LogP contribution in [0.5, 0.6) is 0 Å². The van der Waals surface area contributed by atoms with Gasteiger partial charge in [0.1, 0.15) is 0 Å². The SMILES string of the molecule is CN(C)c1cc(Br)c(-c2sc3c(sc4c5sc(-c6sc(N(C)C)cc6Br)c(Br)c5sc34)c2Br)s1.C[Si](C)(C)c1ccc(-c2sc3c(sc4c5sc(-c6ccc([Si](C)(C)C)cc6Br)c(Br)c5sc34)c2Br)c(Br)c1. The van der Waals surface area contributed by atoms with E-state index in [1.807, 2.05) is 113 Å². The predicted octanol–water partition coefficient (Wildman–Crippen LogP) is 24.9. The molecule has 0 aliphatic carbocycles. The van der Waals surface area contributed by atoms with E-state index >= 15 is 0 Å². The van der Waals surface area contributed by atoms with Crippen LogP contribution >= 0.6 is 241 Å². The number of halogens is 8. The molecule has 0 bridgehead atoms. The number of rotatable bonds is 8. The van der Waals surface area contributed by atoms with E-state index in [1.54, 1.807) is 0 Å². The molecule has 0 saturated heterocycles. The average molecular weight is 1680 g/mol. The molecule has 0 aliphatic heterocycles. The van der Waals surface area contributed by atoms with E-state index in [-0.39, 0.29) is 0 Å². The van der Waals surface area contributed by atoms with Crippen molar-refractivity contribution < 1.29 is 0 Å². The largest absolute Gasteiger partial charge is 0.370 e. The van der Waals surface area contributed by atoms with Gasteiger partial charge in [0.15, 0.2) is 0 Å². The van der Waals surface area contributed by atoms with Crippen LogP contribution in [0.1, 0.15) is 0 Å². The monoisotopic (exact) mass is 1670 g/mol. The Kier molecular flexibility index (Phi) is 15.6. The lowest BCUT2D eigenvalue weighted by molar-refractivity contribution is 1.16. The van der Waals surface area contributed by atoms with Crippen molar-refractivity contribution in [3.05, 3.63) is 84.3 Å². The van der Waals surface area contributed by atoms with Gasteiger partial charge in [0.05, 0.1) is 130 Å². The molecule has 0 atom stereocenters. The Labute approximate surface area is 527 Å². The van der Waals surface area contributed by atoms with E-state index in [2.05, 4.69) is 253 Å². The van der Waals surface area contributed by atoms with Crippen LogP contribution in [0.15, 0.2) is 84.3 Å². The molecule has 0 radical (unpaired) electrons. The molecule has 0 spiro atoms. The van der Waals surface area contributed by atoms with Crippen LogP contribution in [-0.4, -0.2) is 44.3 Å². The first-order valence-electron chi connectivity index (χ1n) is 22.0. The first-order chi connectivity index (χ1) is 33.9. The van der Waals surface area contributed by atoms with Crippen molar-refractivity contribution in [2.45, 2.75) is 39.3 Å². The Bertz CT molecular complexity index is 3890. The second-order valence-corrected chi connectivity index (χ2v) is 46.5. The van der Waals surface area contributed by atoms with Crippen LogP contribution in [0.4, 0.5) is 10.0 Å². The second kappa shape index (κ2) is 20.4. The Hall–Kier alpha value is 0.874. The maximum Gasteiger partial charge on any atom is 0.0921 e. The van der Waals surface area contributed by atoms with Gasteiger partial charge < -0.3 is 9.80 Å². The zero-order valence-electron chi connectivity index (χ0n) is 39.6. The zero-order valence-corrected chi connectivity index (χ0v) is 62.5. The Balaban J connectivity index is 0.000000157. The maximum atomic E-state index is 4.00. The third-order valence-corrected chi connectivity index (χ3v) is 38.6. The van der Waals surface area contributed by atoms with E-state index in [1.165, 1.54) is 144 Å². The van der Waals surface area contributed by atoms with Gasteiger partial charge in [-0.2, -0.15) is 0 Å². The molecule has 12 rings (SSSR count). The normalized spacial score (nSPS) is 12.6. The van der Waals surface area contributed by atoms with Gasteiger partial charge in [0.2, 0.25) is 0 Å². The first kappa shape index (κ1) is 54.8. The molecular formula is C50H38Br8N2S10Si2. The van der Waals surface area contributed by atoms with Gasteiger partial charge in [-0.05, 0) is 120 Å². The molecule has 10 heterocycles. The van der Waals surface area contributed by atoms with Gasteiger partial charge in [-0.15, -0.1) is 113 Å². The lowest BCUT2D eigenvalue weighted by Gasteiger charge is -2.18. The molecule has 2 nitrogen and oxygen atoms in total. The van der Waals surface area contributed by atoms with Crippen LogP contribution < -0.4 is 20.2 Å². The van der Waals surface area contributed by atoms with E-state index in [0.29, 0.717) is 0 Å². The standard InChI is InChI=1S/C28H24Br4S4Si2.C22H14Br4N2S6/c1-37(2,3)13-7-9-15(17(29)11-13)21-19(31)23-25(33-21)27-28(35-23)26-24(36-27)20(32)22(34-26)16-10-8-14(12-18(16)30)38(4,5)6;1-27(2)9-5-7(23)13(29-9)15-11(25)17-19(31-15)21-22(33-17)20-18(34-21)12(26)16(32-20)14-8(24)6-10(30-14)28(3)4/h7-12H,1-6H3;5-6H,1-4H3. The lowest BCUT2D eigenvalue weighted by Crippen LogP contribution is -2.37. The minimum Gasteiger partial charge on any atom is -0.370 e. The summed E-state index contributed by atoms with van der Waals surface area (Å²) in [5.74, 6) is 0. The summed E-state index contributed by atoms with van der Waals surface area (Å²) in [6, 6.07) is 18.4. The second-order valence-electron chi connectivity index (χ2n) is 19.5. The summed E-state index contributed by atoms with van der Waals surface area (Å²) < 4.78 is 26.2. The summed E-state index contributed by atoms with van der Waals surface area (Å²) >= 11 is 50.3. The molecule has 0 fully saturated rings. The molecule has 0 saturated carbocycles. The van der Waals surface area contributed by atoms with E-state index in [4.69, 9.17) is 0 Å². The molecule has 2 aromatic carbocycles. The Morgan fingerprint density at radius 3 is 0.847 bits per heavy atom. The molecule has 12 aromatic rings. The molecule has 0 aliphatic rings. The van der Waals surface area contributed by atoms with Gasteiger partial charge in [0, 0.05) is 57.2 Å². The molecular weight excluding hydrogens is 1640 g/mol. The average Bonchev–Trinajstić information content (AvgIpc) is 4.19. The molecule has 0 unspecified atom stereocenters. The first-order valence-corrected chi connectivity index (χ1v) is 43.5. The quantitative estimate of drug-likeness (QED) is 0.140. The van der Waals surface area contributed by atoms with Gasteiger partial charge in [-0.1, -0.05) is 106 Å². The maximum absolute atomic E-state index is 4.00. The molecule has 0 N–H and O–H groups in total. The van der Waals surface area contributed by atoms with E-state index in [9.17, 15) is 0 Å². The van der Waals surface area contributed by atoms with Crippen LogP contribution in [0.2, 0.25) is 39.3 Å². The highest BCUT2D eigenvalue weighted by molar-refractivity contribution is 9.12. The number of hydrogen-bond donors (Lipinski definition) is 0. The van der Waals surface area contributed by atoms with Crippen molar-refractivity contribution in [3.8, 4) is 40.4 Å². The van der Waals surface area contributed by atoms with Crippen molar-refractivity contribution >= 4 is 334 Å². The van der Waals surface area contributed by atoms with Gasteiger partial charge in [-0.3, -0.25) is 0 Å². The number of benzene rings is 2. The number of hydrogen-bond acceptors (Lipinski definition) is 12. The summed E-state index contributed by atoms with van der Waals surface area (Å²) in [7, 11) is 5.65. The summed E-state index contributed by atoms with van der Waals surface area (Å²) in [4.78, 5) is 12.1. The lowest BCUT2D eigenvalue weighted by atomic mass is 10.2. The highest BCUT2D eigenvalue weighted by atomic mass is 79.9. The van der Waals surface area contributed by atoms with Gasteiger partial charge >= 0.3 is 0 Å². The number of anilines is 2. The fourth-order valence-corrected chi connectivity index (χ4v) is 32.2. The van der Waals surface area contributed by atoms with Crippen LogP contribution in [0, 0.1) is 0 Å². The topological polar surface area (TPSA) is 6.48 Å². The summed E-state index contributed by atoms with van der Waals surface area (Å²) in [5.41, 5.74) is 2.54. The van der Waals surface area contributed by atoms with Gasteiger partial charge in [0.25, 0.3) is 0 Å². The Morgan fingerprint density at radius 2 is 0.583 bits per heavy atom. The van der Waals surface area contributed by atoms with Gasteiger partial charge in [-0.25, -0.2) is 0 Å². The predicted molar refractivity (Wildman–Crippen MR) is 375 cm³/mol. The fraction of sp³-hybridized carbons (Fsp3) is 0.200. The molecule has 372 valence electrons. The number of nitrogens with zero attached hydrogens (tertiary/aromatic N) is 2. The number of fused-ring (bicyclic) bond motifs is 10. The highest BCUT2D eigenvalue weighted by Gasteiger charge is 2.29. The minimum absolute atomic E-state index is 1.16. The third kappa shape index (κ3) is 9.50. The summed E-state index contributed by atoms with van der Waals surface area (Å²) in [5, 5.41) is 5.46. The van der Waals surface area contributed by atoms with Crippen LogP contribution in [-0.2, 0) is 0 Å². The smallest absolute Gasteiger partial charge is 0.0921 e. The molecule has 0 amide bonds. The zero-order chi connectivity index (χ0) is 51.4. The van der Waals surface area contributed by atoms with Crippen molar-refractivity contribution in [1.29, 1.82) is 0 Å². The summed E-state index contributed by atoms with van der Waals surface area (Å²) in [6.07, 6.45) is 0. The molecule has 22 heteroatoms.